The van der Waals surface area contributed by atoms with E-state index in [1.54, 1.807) is 12.1 Å². The lowest BCUT2D eigenvalue weighted by Crippen LogP contribution is -2.34. The maximum absolute atomic E-state index is 11.6. The van der Waals surface area contributed by atoms with Crippen molar-refractivity contribution in [3.8, 4) is 0 Å². The van der Waals surface area contributed by atoms with Crippen LogP contribution in [0.4, 0.5) is 0 Å². The van der Waals surface area contributed by atoms with Gasteiger partial charge in [0.05, 0.1) is 4.90 Å². The summed E-state index contributed by atoms with van der Waals surface area (Å²) < 4.78 is 23.1. The first-order chi connectivity index (χ1) is 12.5. The summed E-state index contributed by atoms with van der Waals surface area (Å²) in [6.45, 7) is 3.97. The molecule has 1 unspecified atom stereocenters. The Morgan fingerprint density at radius 1 is 1.08 bits per heavy atom. The van der Waals surface area contributed by atoms with E-state index in [1.807, 2.05) is 12.1 Å². The number of hydrogen-bond donors (Lipinski definition) is 0. The van der Waals surface area contributed by atoms with Crippen LogP contribution in [0.1, 0.15) is 23.1 Å². The second-order valence-electron chi connectivity index (χ2n) is 7.28. The molecule has 1 saturated heterocycles. The summed E-state index contributed by atoms with van der Waals surface area (Å²) in [4.78, 5) is 5.29. The molecule has 1 fully saturated rings. The molecule has 0 radical (unpaired) electrons. The van der Waals surface area contributed by atoms with E-state index < -0.39 is 9.84 Å². The van der Waals surface area contributed by atoms with Crippen LogP contribution >= 0.6 is 0 Å². The predicted molar refractivity (Wildman–Crippen MR) is 104 cm³/mol. The molecule has 0 spiro atoms. The third-order valence-electron chi connectivity index (χ3n) is 5.33. The molecule has 2 aliphatic heterocycles. The van der Waals surface area contributed by atoms with E-state index in [9.17, 15) is 8.42 Å². The largest absolute Gasteiger partial charge is 0.369 e. The second-order valence-corrected chi connectivity index (χ2v) is 9.30. The minimum atomic E-state index is -3.12. The van der Waals surface area contributed by atoms with E-state index in [4.69, 9.17) is 0 Å². The Morgan fingerprint density at radius 2 is 1.85 bits per heavy atom. The van der Waals surface area contributed by atoms with Crippen molar-refractivity contribution in [1.82, 2.24) is 9.80 Å². The molecule has 0 amide bonds. The summed E-state index contributed by atoms with van der Waals surface area (Å²) in [7, 11) is -3.12. The SMILES string of the molecule is CS(=O)(=O)c1ccc(CN2CCC(N3C=Cc4ccccc4C3)C2)cc1. The number of rotatable bonds is 4. The van der Waals surface area contributed by atoms with Crippen molar-refractivity contribution in [3.63, 3.8) is 0 Å². The highest BCUT2D eigenvalue weighted by Crippen LogP contribution is 2.25. The molecule has 5 heteroatoms. The quantitative estimate of drug-likeness (QED) is 0.831. The molecule has 4 rings (SSSR count). The van der Waals surface area contributed by atoms with E-state index in [0.29, 0.717) is 10.9 Å². The maximum Gasteiger partial charge on any atom is 0.175 e. The first kappa shape index (κ1) is 17.3. The lowest BCUT2D eigenvalue weighted by molar-refractivity contribution is 0.247. The van der Waals surface area contributed by atoms with Crippen molar-refractivity contribution in [1.29, 1.82) is 0 Å². The van der Waals surface area contributed by atoms with Crippen LogP contribution < -0.4 is 0 Å². The zero-order valence-electron chi connectivity index (χ0n) is 15.0. The lowest BCUT2D eigenvalue weighted by atomic mass is 10.0. The van der Waals surface area contributed by atoms with Crippen LogP contribution in [0.15, 0.2) is 59.6 Å². The van der Waals surface area contributed by atoms with Crippen LogP contribution in [0.5, 0.6) is 0 Å². The van der Waals surface area contributed by atoms with Gasteiger partial charge in [0.15, 0.2) is 9.84 Å². The third kappa shape index (κ3) is 3.69. The van der Waals surface area contributed by atoms with E-state index in [1.165, 1.54) is 17.4 Å². The van der Waals surface area contributed by atoms with Gasteiger partial charge in [0.2, 0.25) is 0 Å². The minimum Gasteiger partial charge on any atom is -0.369 e. The van der Waals surface area contributed by atoms with Gasteiger partial charge in [-0.2, -0.15) is 0 Å². The van der Waals surface area contributed by atoms with Gasteiger partial charge in [-0.1, -0.05) is 36.4 Å². The van der Waals surface area contributed by atoms with Gasteiger partial charge in [-0.05, 0) is 41.3 Å². The Balaban J connectivity index is 1.37. The Labute approximate surface area is 155 Å². The summed E-state index contributed by atoms with van der Waals surface area (Å²) in [5.41, 5.74) is 3.88. The van der Waals surface area contributed by atoms with Crippen molar-refractivity contribution in [2.24, 2.45) is 0 Å². The van der Waals surface area contributed by atoms with E-state index in [2.05, 4.69) is 46.3 Å². The highest BCUT2D eigenvalue weighted by atomic mass is 32.2. The Hall–Kier alpha value is -2.11. The molecule has 2 heterocycles. The average Bonchev–Trinajstić information content (AvgIpc) is 3.09. The number of sulfone groups is 1. The fourth-order valence-corrected chi connectivity index (χ4v) is 4.47. The van der Waals surface area contributed by atoms with Crippen molar-refractivity contribution in [2.45, 2.75) is 30.4 Å². The zero-order chi connectivity index (χ0) is 18.1. The molecule has 0 bridgehead atoms. The lowest BCUT2D eigenvalue weighted by Gasteiger charge is -2.31. The first-order valence-corrected chi connectivity index (χ1v) is 10.9. The topological polar surface area (TPSA) is 40.6 Å². The van der Waals surface area contributed by atoms with E-state index >= 15 is 0 Å². The molecule has 0 saturated carbocycles. The van der Waals surface area contributed by atoms with Gasteiger partial charge >= 0.3 is 0 Å². The van der Waals surface area contributed by atoms with Gasteiger partial charge in [-0.3, -0.25) is 4.90 Å². The normalized spacial score (nSPS) is 20.3. The Morgan fingerprint density at radius 3 is 2.62 bits per heavy atom. The predicted octanol–water partition coefficient (Wildman–Crippen LogP) is 3.15. The van der Waals surface area contributed by atoms with Crippen molar-refractivity contribution in [3.05, 3.63) is 71.4 Å². The van der Waals surface area contributed by atoms with Crippen LogP contribution in [-0.2, 0) is 22.9 Å². The van der Waals surface area contributed by atoms with Gasteiger partial charge < -0.3 is 4.90 Å². The Bertz CT molecular complexity index is 919. The number of benzene rings is 2. The molecule has 0 aromatic heterocycles. The van der Waals surface area contributed by atoms with Crippen LogP contribution in [0.2, 0.25) is 0 Å². The number of likely N-dealkylation sites (tertiary alicyclic amines) is 1. The van der Waals surface area contributed by atoms with Gasteiger partial charge in [-0.15, -0.1) is 0 Å². The second kappa shape index (κ2) is 6.89. The van der Waals surface area contributed by atoms with Gasteiger partial charge in [0.25, 0.3) is 0 Å². The van der Waals surface area contributed by atoms with Gasteiger partial charge in [0.1, 0.15) is 0 Å². The smallest absolute Gasteiger partial charge is 0.175 e. The summed E-state index contributed by atoms with van der Waals surface area (Å²) >= 11 is 0. The molecule has 26 heavy (non-hydrogen) atoms. The Kier molecular flexibility index (Phi) is 4.59. The monoisotopic (exact) mass is 368 g/mol. The van der Waals surface area contributed by atoms with Crippen molar-refractivity contribution in [2.75, 3.05) is 19.3 Å². The zero-order valence-corrected chi connectivity index (χ0v) is 15.8. The van der Waals surface area contributed by atoms with Crippen LogP contribution in [-0.4, -0.2) is 43.6 Å². The van der Waals surface area contributed by atoms with Crippen molar-refractivity contribution >= 4 is 15.9 Å². The summed E-state index contributed by atoms with van der Waals surface area (Å²) in [5, 5.41) is 0. The van der Waals surface area contributed by atoms with Gasteiger partial charge in [-0.25, -0.2) is 8.42 Å². The number of hydrogen-bond acceptors (Lipinski definition) is 4. The molecule has 0 aliphatic carbocycles. The maximum atomic E-state index is 11.6. The van der Waals surface area contributed by atoms with Crippen molar-refractivity contribution < 1.29 is 8.42 Å². The summed E-state index contributed by atoms with van der Waals surface area (Å²) in [6, 6.07) is 16.4. The van der Waals surface area contributed by atoms with Crippen LogP contribution in [0, 0.1) is 0 Å². The number of fused-ring (bicyclic) bond motifs is 1. The average molecular weight is 369 g/mol. The molecular formula is C21H24N2O2S. The highest BCUT2D eigenvalue weighted by molar-refractivity contribution is 7.90. The van der Waals surface area contributed by atoms with E-state index in [0.717, 1.165) is 38.2 Å². The number of nitrogens with zero attached hydrogens (tertiary/aromatic N) is 2. The van der Waals surface area contributed by atoms with Gasteiger partial charge in [0, 0.05) is 44.7 Å². The molecule has 136 valence electrons. The molecule has 2 aromatic carbocycles. The third-order valence-corrected chi connectivity index (χ3v) is 6.46. The van der Waals surface area contributed by atoms with E-state index in [-0.39, 0.29) is 0 Å². The standard InChI is InChI=1S/C21H24N2O2S/c1-26(24,25)21-8-6-17(7-9-21)14-22-12-11-20(16-22)23-13-10-18-4-2-3-5-19(18)15-23/h2-10,13,20H,11-12,14-16H2,1H3. The fourth-order valence-electron chi connectivity index (χ4n) is 3.84. The van der Waals surface area contributed by atoms with Crippen LogP contribution in [0.25, 0.3) is 6.08 Å². The molecule has 0 N–H and O–H groups in total. The molecule has 1 atom stereocenters. The molecule has 2 aliphatic rings. The molecular weight excluding hydrogens is 344 g/mol. The minimum absolute atomic E-state index is 0.387. The highest BCUT2D eigenvalue weighted by Gasteiger charge is 2.27. The molecule has 2 aromatic rings. The fraction of sp³-hybridized carbons (Fsp3) is 0.333. The first-order valence-electron chi connectivity index (χ1n) is 9.02. The molecule has 4 nitrogen and oxygen atoms in total. The summed E-state index contributed by atoms with van der Waals surface area (Å²) in [5.74, 6) is 0. The van der Waals surface area contributed by atoms with Crippen LogP contribution in [0.3, 0.4) is 0 Å². The summed E-state index contributed by atoms with van der Waals surface area (Å²) in [6.07, 6.45) is 6.86.